The summed E-state index contributed by atoms with van der Waals surface area (Å²) in [6.07, 6.45) is 0. The van der Waals surface area contributed by atoms with Crippen LogP contribution in [0.25, 0.3) is 10.9 Å². The summed E-state index contributed by atoms with van der Waals surface area (Å²) in [7, 11) is 0. The number of fused-ring (bicyclic) bond motifs is 1. The van der Waals surface area contributed by atoms with Gasteiger partial charge in [-0.05, 0) is 29.0 Å². The van der Waals surface area contributed by atoms with Crippen molar-refractivity contribution in [2.45, 2.75) is 26.3 Å². The van der Waals surface area contributed by atoms with Gasteiger partial charge < -0.3 is 10.3 Å². The Kier molecular flexibility index (Phi) is 3.58. The summed E-state index contributed by atoms with van der Waals surface area (Å²) in [6, 6.07) is 9.09. The highest BCUT2D eigenvalue weighted by Gasteiger charge is 2.11. The first kappa shape index (κ1) is 12.7. The molecule has 2 aromatic rings. The molecule has 0 aliphatic carbocycles. The Morgan fingerprint density at radius 1 is 1.16 bits per heavy atom. The van der Waals surface area contributed by atoms with Crippen molar-refractivity contribution in [3.8, 4) is 0 Å². The second kappa shape index (κ2) is 5.35. The van der Waals surface area contributed by atoms with Crippen LogP contribution in [0.4, 0.5) is 0 Å². The molecule has 0 bridgehead atoms. The van der Waals surface area contributed by atoms with Crippen molar-refractivity contribution in [1.82, 2.24) is 15.2 Å². The second-order valence-corrected chi connectivity index (χ2v) is 5.83. The molecule has 0 amide bonds. The van der Waals surface area contributed by atoms with Crippen molar-refractivity contribution < 1.29 is 0 Å². The lowest BCUT2D eigenvalue weighted by atomic mass is 10.1. The van der Waals surface area contributed by atoms with Gasteiger partial charge in [0.1, 0.15) is 0 Å². The van der Waals surface area contributed by atoms with Gasteiger partial charge >= 0.3 is 0 Å². The van der Waals surface area contributed by atoms with Crippen molar-refractivity contribution in [2.24, 2.45) is 0 Å². The first-order chi connectivity index (χ1) is 9.22. The molecule has 1 saturated heterocycles. The highest BCUT2D eigenvalue weighted by atomic mass is 15.2. The van der Waals surface area contributed by atoms with Crippen molar-refractivity contribution >= 4 is 10.9 Å². The number of aromatic nitrogens is 1. The fourth-order valence-corrected chi connectivity index (χ4v) is 2.73. The summed E-state index contributed by atoms with van der Waals surface area (Å²) in [6.45, 7) is 10.1. The van der Waals surface area contributed by atoms with E-state index in [0.29, 0.717) is 5.92 Å². The number of rotatable bonds is 3. The summed E-state index contributed by atoms with van der Waals surface area (Å²) >= 11 is 0. The van der Waals surface area contributed by atoms with Gasteiger partial charge in [-0.1, -0.05) is 26.0 Å². The van der Waals surface area contributed by atoms with Gasteiger partial charge in [-0.3, -0.25) is 4.90 Å². The van der Waals surface area contributed by atoms with E-state index in [4.69, 9.17) is 0 Å². The zero-order valence-corrected chi connectivity index (χ0v) is 11.9. The number of H-pyrrole nitrogens is 1. The molecule has 3 nitrogen and oxygen atoms in total. The standard InChI is InChI=1S/C16H23N3/c1-12(2)15-10-14-4-3-13(9-16(14)18-15)11-19-7-5-17-6-8-19/h3-4,9-10,12,17-18H,5-8,11H2,1-2H3. The average Bonchev–Trinajstić information content (AvgIpc) is 2.83. The Hall–Kier alpha value is -1.32. The van der Waals surface area contributed by atoms with E-state index >= 15 is 0 Å². The Morgan fingerprint density at radius 2 is 1.95 bits per heavy atom. The largest absolute Gasteiger partial charge is 0.358 e. The second-order valence-electron chi connectivity index (χ2n) is 5.83. The van der Waals surface area contributed by atoms with Crippen LogP contribution in [-0.4, -0.2) is 36.1 Å². The predicted octanol–water partition coefficient (Wildman–Crippen LogP) is 2.70. The Labute approximate surface area is 115 Å². The SMILES string of the molecule is CC(C)c1cc2ccc(CN3CCNCC3)cc2[nH]1. The fourth-order valence-electron chi connectivity index (χ4n) is 2.73. The summed E-state index contributed by atoms with van der Waals surface area (Å²) < 4.78 is 0. The van der Waals surface area contributed by atoms with Gasteiger partial charge in [0.2, 0.25) is 0 Å². The number of nitrogens with zero attached hydrogens (tertiary/aromatic N) is 1. The third-order valence-electron chi connectivity index (χ3n) is 3.95. The van der Waals surface area contributed by atoms with Crippen LogP contribution in [0.15, 0.2) is 24.3 Å². The van der Waals surface area contributed by atoms with Crippen LogP contribution < -0.4 is 5.32 Å². The van der Waals surface area contributed by atoms with Crippen molar-refractivity contribution in [1.29, 1.82) is 0 Å². The van der Waals surface area contributed by atoms with Crippen molar-refractivity contribution in [3.63, 3.8) is 0 Å². The smallest absolute Gasteiger partial charge is 0.0459 e. The zero-order chi connectivity index (χ0) is 13.2. The van der Waals surface area contributed by atoms with E-state index in [1.54, 1.807) is 0 Å². The minimum absolute atomic E-state index is 0.559. The van der Waals surface area contributed by atoms with Gasteiger partial charge in [0.15, 0.2) is 0 Å². The highest BCUT2D eigenvalue weighted by Crippen LogP contribution is 2.22. The van der Waals surface area contributed by atoms with E-state index in [1.807, 2.05) is 0 Å². The summed E-state index contributed by atoms with van der Waals surface area (Å²) in [5.41, 5.74) is 4.01. The van der Waals surface area contributed by atoms with Gasteiger partial charge in [0.05, 0.1) is 0 Å². The third kappa shape index (κ3) is 2.82. The molecular weight excluding hydrogens is 234 g/mol. The van der Waals surface area contributed by atoms with Gasteiger partial charge in [-0.25, -0.2) is 0 Å². The number of benzene rings is 1. The van der Waals surface area contributed by atoms with Gasteiger partial charge in [0, 0.05) is 43.9 Å². The number of nitrogens with one attached hydrogen (secondary N) is 2. The minimum atomic E-state index is 0.559. The lowest BCUT2D eigenvalue weighted by molar-refractivity contribution is 0.233. The van der Waals surface area contributed by atoms with Crippen LogP contribution >= 0.6 is 0 Å². The monoisotopic (exact) mass is 257 g/mol. The quantitative estimate of drug-likeness (QED) is 0.886. The lowest BCUT2D eigenvalue weighted by Crippen LogP contribution is -2.42. The Balaban J connectivity index is 1.80. The maximum atomic E-state index is 3.54. The normalized spacial score (nSPS) is 17.4. The van der Waals surface area contributed by atoms with Crippen LogP contribution in [0.3, 0.4) is 0 Å². The fraction of sp³-hybridized carbons (Fsp3) is 0.500. The van der Waals surface area contributed by atoms with E-state index in [9.17, 15) is 0 Å². The molecule has 2 N–H and O–H groups in total. The molecule has 0 atom stereocenters. The molecule has 3 heteroatoms. The molecule has 0 saturated carbocycles. The molecule has 1 aromatic carbocycles. The first-order valence-corrected chi connectivity index (χ1v) is 7.27. The lowest BCUT2D eigenvalue weighted by Gasteiger charge is -2.27. The van der Waals surface area contributed by atoms with Gasteiger partial charge in [-0.15, -0.1) is 0 Å². The highest BCUT2D eigenvalue weighted by molar-refractivity contribution is 5.81. The minimum Gasteiger partial charge on any atom is -0.358 e. The molecule has 102 valence electrons. The number of aromatic amines is 1. The number of piperazine rings is 1. The molecule has 1 aromatic heterocycles. The van der Waals surface area contributed by atoms with E-state index < -0.39 is 0 Å². The molecule has 2 heterocycles. The van der Waals surface area contributed by atoms with E-state index in [0.717, 1.165) is 32.7 Å². The molecule has 3 rings (SSSR count). The molecule has 0 radical (unpaired) electrons. The maximum absolute atomic E-state index is 3.54. The van der Waals surface area contributed by atoms with E-state index in [1.165, 1.54) is 22.2 Å². The topological polar surface area (TPSA) is 31.1 Å². The van der Waals surface area contributed by atoms with E-state index in [-0.39, 0.29) is 0 Å². The third-order valence-corrected chi connectivity index (χ3v) is 3.95. The first-order valence-electron chi connectivity index (χ1n) is 7.27. The van der Waals surface area contributed by atoms with Crippen LogP contribution in [0.5, 0.6) is 0 Å². The predicted molar refractivity (Wildman–Crippen MR) is 80.5 cm³/mol. The van der Waals surface area contributed by atoms with Gasteiger partial charge in [0.25, 0.3) is 0 Å². The maximum Gasteiger partial charge on any atom is 0.0459 e. The Bertz CT molecular complexity index is 550. The van der Waals surface area contributed by atoms with E-state index in [2.05, 4.69) is 53.3 Å². The van der Waals surface area contributed by atoms with Crippen molar-refractivity contribution in [2.75, 3.05) is 26.2 Å². The summed E-state index contributed by atoms with van der Waals surface area (Å²) in [5, 5.41) is 4.72. The Morgan fingerprint density at radius 3 is 2.68 bits per heavy atom. The average molecular weight is 257 g/mol. The van der Waals surface area contributed by atoms with Crippen LogP contribution in [-0.2, 0) is 6.54 Å². The zero-order valence-electron chi connectivity index (χ0n) is 11.9. The molecule has 1 aliphatic heterocycles. The molecule has 0 unspecified atom stereocenters. The molecular formula is C16H23N3. The molecule has 0 spiro atoms. The van der Waals surface area contributed by atoms with Crippen LogP contribution in [0, 0.1) is 0 Å². The summed E-state index contributed by atoms with van der Waals surface area (Å²) in [5.74, 6) is 0.559. The van der Waals surface area contributed by atoms with Crippen molar-refractivity contribution in [3.05, 3.63) is 35.5 Å². The number of hydrogen-bond acceptors (Lipinski definition) is 2. The van der Waals surface area contributed by atoms with Crippen LogP contribution in [0.2, 0.25) is 0 Å². The van der Waals surface area contributed by atoms with Crippen LogP contribution in [0.1, 0.15) is 31.0 Å². The number of hydrogen-bond donors (Lipinski definition) is 2. The summed E-state index contributed by atoms with van der Waals surface area (Å²) in [4.78, 5) is 6.06. The molecule has 1 aliphatic rings. The van der Waals surface area contributed by atoms with Gasteiger partial charge in [-0.2, -0.15) is 0 Å². The molecule has 1 fully saturated rings. The molecule has 19 heavy (non-hydrogen) atoms.